The minimum Gasteiger partial charge on any atom is -0.332 e. The lowest BCUT2D eigenvalue weighted by molar-refractivity contribution is -0.132. The lowest BCUT2D eigenvalue weighted by Gasteiger charge is -2.24. The first-order valence-corrected chi connectivity index (χ1v) is 13.0. The Kier molecular flexibility index (Phi) is 6.45. The lowest BCUT2D eigenvalue weighted by Crippen LogP contribution is -2.36. The van der Waals surface area contributed by atoms with Gasteiger partial charge >= 0.3 is 0 Å². The van der Waals surface area contributed by atoms with Crippen LogP contribution >= 0.6 is 11.3 Å². The molecule has 0 aliphatic carbocycles. The van der Waals surface area contributed by atoms with Crippen LogP contribution in [-0.4, -0.2) is 52.7 Å². The third-order valence-corrected chi connectivity index (χ3v) is 8.94. The summed E-state index contributed by atoms with van der Waals surface area (Å²) in [6, 6.07) is 10.3. The minimum absolute atomic E-state index is 0.0118. The summed E-state index contributed by atoms with van der Waals surface area (Å²) < 4.78 is 29.2. The Labute approximate surface area is 191 Å². The fraction of sp³-hybridized carbons (Fsp3) is 0.409. The number of hydrogen-bond acceptors (Lipinski definition) is 6. The van der Waals surface area contributed by atoms with Crippen LogP contribution in [0.15, 0.2) is 52.3 Å². The molecule has 32 heavy (non-hydrogen) atoms. The molecule has 0 N–H and O–H groups in total. The van der Waals surface area contributed by atoms with Gasteiger partial charge in [-0.15, -0.1) is 11.3 Å². The van der Waals surface area contributed by atoms with E-state index in [2.05, 4.69) is 0 Å². The largest absolute Gasteiger partial charge is 0.332 e. The van der Waals surface area contributed by atoms with Crippen LogP contribution in [0.3, 0.4) is 0 Å². The second-order valence-electron chi connectivity index (χ2n) is 7.69. The molecule has 0 radical (unpaired) electrons. The normalized spacial score (nSPS) is 16.8. The maximum atomic E-state index is 13.2. The van der Waals surface area contributed by atoms with E-state index >= 15 is 0 Å². The van der Waals surface area contributed by atoms with Crippen molar-refractivity contribution in [1.29, 1.82) is 0 Å². The van der Waals surface area contributed by atoms with Crippen molar-refractivity contribution in [3.05, 3.63) is 58.0 Å². The van der Waals surface area contributed by atoms with E-state index in [1.807, 2.05) is 24.3 Å². The minimum atomic E-state index is -3.72. The van der Waals surface area contributed by atoms with Crippen LogP contribution in [0.5, 0.6) is 0 Å². The lowest BCUT2D eigenvalue weighted by atomic mass is 10.2. The monoisotopic (exact) mass is 474 g/mol. The van der Waals surface area contributed by atoms with E-state index in [0.717, 1.165) is 28.1 Å². The van der Waals surface area contributed by atoms with Gasteiger partial charge in [0.2, 0.25) is 15.9 Å². The highest BCUT2D eigenvalue weighted by atomic mass is 32.2. The van der Waals surface area contributed by atoms with Gasteiger partial charge in [-0.05, 0) is 31.0 Å². The van der Waals surface area contributed by atoms with Crippen molar-refractivity contribution in [2.75, 3.05) is 19.6 Å². The quantitative estimate of drug-likeness (QED) is 0.525. The number of rotatable bonds is 7. The van der Waals surface area contributed by atoms with Crippen molar-refractivity contribution in [1.82, 2.24) is 18.8 Å². The summed E-state index contributed by atoms with van der Waals surface area (Å²) in [7, 11) is -3.72. The predicted octanol–water partition coefficient (Wildman–Crippen LogP) is 2.85. The molecule has 2 aromatic heterocycles. The first-order chi connectivity index (χ1) is 15.3. The molecular weight excluding hydrogens is 448 g/mol. The third kappa shape index (κ3) is 4.22. The van der Waals surface area contributed by atoms with E-state index in [1.165, 1.54) is 27.2 Å². The molecule has 0 bridgehead atoms. The van der Waals surface area contributed by atoms with Gasteiger partial charge in [0.1, 0.15) is 11.6 Å². The van der Waals surface area contributed by atoms with Gasteiger partial charge in [-0.25, -0.2) is 13.4 Å². The number of fused-ring (bicyclic) bond motifs is 1. The van der Waals surface area contributed by atoms with Crippen molar-refractivity contribution in [2.24, 2.45) is 0 Å². The smallest absolute Gasteiger partial charge is 0.251 e. The zero-order valence-electron chi connectivity index (χ0n) is 18.1. The van der Waals surface area contributed by atoms with Crippen molar-refractivity contribution >= 4 is 37.5 Å². The van der Waals surface area contributed by atoms with Crippen molar-refractivity contribution in [3.8, 4) is 0 Å². The molecule has 1 unspecified atom stereocenters. The molecule has 0 spiro atoms. The molecular formula is C22H26N4O4S2. The number of thiazole rings is 1. The number of likely N-dealkylation sites (tertiary alicyclic amines) is 1. The molecule has 1 amide bonds. The highest BCUT2D eigenvalue weighted by Crippen LogP contribution is 2.36. The van der Waals surface area contributed by atoms with Gasteiger partial charge in [-0.3, -0.25) is 9.59 Å². The molecule has 8 nitrogen and oxygen atoms in total. The summed E-state index contributed by atoms with van der Waals surface area (Å²) in [6.07, 6.45) is 2.95. The summed E-state index contributed by atoms with van der Waals surface area (Å²) in [6.45, 7) is 4.56. The second kappa shape index (κ2) is 9.13. The van der Waals surface area contributed by atoms with Crippen LogP contribution in [-0.2, 0) is 21.4 Å². The number of para-hydroxylation sites is 1. The van der Waals surface area contributed by atoms with Gasteiger partial charge in [-0.2, -0.15) is 4.31 Å². The standard InChI is InChI=1S/C22H26N4O4S2/c1-3-25(4-2)32(29,30)16-11-12-20(27)24(14-16)15-21(28)26-13-7-9-18(26)22-23-17-8-5-6-10-19(17)31-22/h5-6,8,10-12,14,18H,3-4,7,9,13,15H2,1-2H3. The molecule has 1 fully saturated rings. The predicted molar refractivity (Wildman–Crippen MR) is 124 cm³/mol. The van der Waals surface area contributed by atoms with Crippen molar-refractivity contribution in [3.63, 3.8) is 0 Å². The Balaban J connectivity index is 1.58. The highest BCUT2D eigenvalue weighted by molar-refractivity contribution is 7.89. The Morgan fingerprint density at radius 2 is 1.94 bits per heavy atom. The van der Waals surface area contributed by atoms with Gasteiger partial charge < -0.3 is 9.47 Å². The molecule has 1 saturated heterocycles. The molecule has 1 aliphatic rings. The first kappa shape index (κ1) is 22.6. The molecule has 1 aromatic carbocycles. The number of sulfonamides is 1. The number of pyridine rings is 1. The Hall–Kier alpha value is -2.56. The van der Waals surface area contributed by atoms with Crippen LogP contribution in [0.4, 0.5) is 0 Å². The molecule has 10 heteroatoms. The Bertz CT molecular complexity index is 1260. The maximum absolute atomic E-state index is 13.2. The van der Waals surface area contributed by atoms with Gasteiger partial charge in [-0.1, -0.05) is 26.0 Å². The average molecular weight is 475 g/mol. The Morgan fingerprint density at radius 3 is 2.66 bits per heavy atom. The van der Waals surface area contributed by atoms with Gasteiger partial charge in [0.25, 0.3) is 5.56 Å². The zero-order chi connectivity index (χ0) is 22.9. The molecule has 170 valence electrons. The van der Waals surface area contributed by atoms with Crippen LogP contribution in [0.2, 0.25) is 0 Å². The third-order valence-electron chi connectivity index (χ3n) is 5.77. The van der Waals surface area contributed by atoms with Gasteiger partial charge in [0, 0.05) is 31.9 Å². The fourth-order valence-corrected chi connectivity index (χ4v) is 6.68. The number of benzene rings is 1. The molecule has 1 atom stereocenters. The SMILES string of the molecule is CCN(CC)S(=O)(=O)c1ccc(=O)n(CC(=O)N2CCCC2c2nc3ccccc3s2)c1. The highest BCUT2D eigenvalue weighted by Gasteiger charge is 2.32. The van der Waals surface area contributed by atoms with Crippen LogP contribution in [0, 0.1) is 0 Å². The van der Waals surface area contributed by atoms with E-state index in [0.29, 0.717) is 19.6 Å². The molecule has 3 aromatic rings. The van der Waals surface area contributed by atoms with E-state index in [9.17, 15) is 18.0 Å². The number of carbonyl (C=O) groups excluding carboxylic acids is 1. The van der Waals surface area contributed by atoms with Crippen molar-refractivity contribution < 1.29 is 13.2 Å². The average Bonchev–Trinajstić information content (AvgIpc) is 3.42. The van der Waals surface area contributed by atoms with Gasteiger partial charge in [0.15, 0.2) is 0 Å². The van der Waals surface area contributed by atoms with E-state index < -0.39 is 15.6 Å². The number of carbonyl (C=O) groups is 1. The molecule has 0 saturated carbocycles. The summed E-state index contributed by atoms with van der Waals surface area (Å²) in [5.74, 6) is -0.216. The van der Waals surface area contributed by atoms with Gasteiger partial charge in [0.05, 0.1) is 21.2 Å². The van der Waals surface area contributed by atoms with Crippen LogP contribution in [0.25, 0.3) is 10.2 Å². The maximum Gasteiger partial charge on any atom is 0.251 e. The summed E-state index contributed by atoms with van der Waals surface area (Å²) in [5.41, 5.74) is 0.505. The summed E-state index contributed by atoms with van der Waals surface area (Å²) >= 11 is 1.58. The molecule has 1 aliphatic heterocycles. The molecule has 3 heterocycles. The van der Waals surface area contributed by atoms with E-state index in [4.69, 9.17) is 4.98 Å². The van der Waals surface area contributed by atoms with Crippen molar-refractivity contribution in [2.45, 2.75) is 44.2 Å². The number of hydrogen-bond donors (Lipinski definition) is 0. The summed E-state index contributed by atoms with van der Waals surface area (Å²) in [5, 5.41) is 0.891. The summed E-state index contributed by atoms with van der Waals surface area (Å²) in [4.78, 5) is 32.0. The van der Waals surface area contributed by atoms with Crippen LogP contribution in [0.1, 0.15) is 37.7 Å². The van der Waals surface area contributed by atoms with Crippen LogP contribution < -0.4 is 5.56 Å². The van der Waals surface area contributed by atoms with E-state index in [-0.39, 0.29) is 23.4 Å². The molecule has 4 rings (SSSR count). The number of amides is 1. The fourth-order valence-electron chi connectivity index (χ4n) is 4.09. The topological polar surface area (TPSA) is 92.6 Å². The second-order valence-corrected chi connectivity index (χ2v) is 10.7. The number of nitrogens with zero attached hydrogens (tertiary/aromatic N) is 4. The van der Waals surface area contributed by atoms with E-state index in [1.54, 1.807) is 30.1 Å². The first-order valence-electron chi connectivity index (χ1n) is 10.7. The zero-order valence-corrected chi connectivity index (χ0v) is 19.7. The number of aromatic nitrogens is 2. The Morgan fingerprint density at radius 1 is 1.19 bits per heavy atom.